The number of aromatic nitrogens is 3. The number of nitrogens with zero attached hydrogens (tertiary/aromatic N) is 3. The molecular formula is C16H18ClN3O2. The predicted molar refractivity (Wildman–Crippen MR) is 85.8 cm³/mol. The maximum absolute atomic E-state index is 11.5. The van der Waals surface area contributed by atoms with Crippen LogP contribution in [-0.4, -0.2) is 27.6 Å². The van der Waals surface area contributed by atoms with E-state index in [9.17, 15) is 4.79 Å². The van der Waals surface area contributed by atoms with Gasteiger partial charge < -0.3 is 4.74 Å². The Morgan fingerprint density at radius 1 is 1.45 bits per heavy atom. The van der Waals surface area contributed by atoms with Gasteiger partial charge >= 0.3 is 5.97 Å². The van der Waals surface area contributed by atoms with Crippen molar-refractivity contribution in [1.82, 2.24) is 15.0 Å². The topological polar surface area (TPSA) is 57.0 Å². The first-order chi connectivity index (χ1) is 10.5. The predicted octanol–water partition coefficient (Wildman–Crippen LogP) is 3.52. The Morgan fingerprint density at radius 3 is 2.91 bits per heavy atom. The molecule has 5 nitrogen and oxygen atoms in total. The van der Waals surface area contributed by atoms with E-state index in [1.54, 1.807) is 17.8 Å². The Morgan fingerprint density at radius 2 is 2.23 bits per heavy atom. The molecule has 0 radical (unpaired) electrons. The second-order valence-corrected chi connectivity index (χ2v) is 5.45. The quantitative estimate of drug-likeness (QED) is 0.791. The van der Waals surface area contributed by atoms with Crippen LogP contribution in [0, 0.1) is 6.92 Å². The van der Waals surface area contributed by atoms with Crippen LogP contribution in [0.3, 0.4) is 0 Å². The fourth-order valence-corrected chi connectivity index (χ4v) is 2.27. The van der Waals surface area contributed by atoms with E-state index in [0.717, 1.165) is 21.7 Å². The van der Waals surface area contributed by atoms with E-state index in [2.05, 4.69) is 16.4 Å². The standard InChI is InChI=1S/C16H18ClN3O2/c1-4-22-16(21)15-10-20(19-18-15)9-11(2)7-13-5-6-14(17)8-12(13)3/h5-8,10H,4,9H2,1-3H3/b11-7+. The highest BCUT2D eigenvalue weighted by Crippen LogP contribution is 2.18. The van der Waals surface area contributed by atoms with Crippen molar-refractivity contribution in [3.05, 3.63) is 51.8 Å². The number of halogens is 1. The first kappa shape index (κ1) is 16.2. The summed E-state index contributed by atoms with van der Waals surface area (Å²) in [5.74, 6) is -0.455. The summed E-state index contributed by atoms with van der Waals surface area (Å²) in [4.78, 5) is 11.5. The highest BCUT2D eigenvalue weighted by molar-refractivity contribution is 6.30. The largest absolute Gasteiger partial charge is 0.461 e. The monoisotopic (exact) mass is 319 g/mol. The van der Waals surface area contributed by atoms with Gasteiger partial charge in [0.25, 0.3) is 0 Å². The molecule has 6 heteroatoms. The maximum atomic E-state index is 11.5. The zero-order valence-corrected chi connectivity index (χ0v) is 13.6. The molecule has 0 aliphatic heterocycles. The van der Waals surface area contributed by atoms with Crippen LogP contribution >= 0.6 is 11.6 Å². The molecule has 1 aromatic heterocycles. The minimum absolute atomic E-state index is 0.220. The third-order valence-electron chi connectivity index (χ3n) is 3.07. The first-order valence-corrected chi connectivity index (χ1v) is 7.38. The van der Waals surface area contributed by atoms with Gasteiger partial charge in [0.15, 0.2) is 5.69 Å². The van der Waals surface area contributed by atoms with Crippen LogP contribution in [-0.2, 0) is 11.3 Å². The van der Waals surface area contributed by atoms with Gasteiger partial charge in [-0.3, -0.25) is 0 Å². The molecule has 22 heavy (non-hydrogen) atoms. The Bertz CT molecular complexity index is 707. The summed E-state index contributed by atoms with van der Waals surface area (Å²) >= 11 is 5.95. The number of benzene rings is 1. The summed E-state index contributed by atoms with van der Waals surface area (Å²) < 4.78 is 6.50. The molecule has 0 amide bonds. The molecule has 0 saturated carbocycles. The minimum Gasteiger partial charge on any atom is -0.461 e. The molecule has 2 rings (SSSR count). The summed E-state index contributed by atoms with van der Waals surface area (Å²) in [6, 6.07) is 5.77. The number of carbonyl (C=O) groups is 1. The van der Waals surface area contributed by atoms with Crippen LogP contribution in [0.1, 0.15) is 35.5 Å². The molecule has 0 fully saturated rings. The van der Waals surface area contributed by atoms with Crippen molar-refractivity contribution in [2.24, 2.45) is 0 Å². The lowest BCUT2D eigenvalue weighted by molar-refractivity contribution is 0.0519. The lowest BCUT2D eigenvalue weighted by Gasteiger charge is -2.04. The van der Waals surface area contributed by atoms with E-state index in [0.29, 0.717) is 13.2 Å². The highest BCUT2D eigenvalue weighted by atomic mass is 35.5. The van der Waals surface area contributed by atoms with E-state index in [1.165, 1.54) is 0 Å². The molecular weight excluding hydrogens is 302 g/mol. The van der Waals surface area contributed by atoms with E-state index >= 15 is 0 Å². The molecule has 0 aliphatic carbocycles. The van der Waals surface area contributed by atoms with Crippen molar-refractivity contribution >= 4 is 23.6 Å². The van der Waals surface area contributed by atoms with Crippen LogP contribution < -0.4 is 0 Å². The summed E-state index contributed by atoms with van der Waals surface area (Å²) in [6.45, 7) is 6.64. The number of esters is 1. The van der Waals surface area contributed by atoms with Gasteiger partial charge in [0.1, 0.15) is 0 Å². The molecule has 0 spiro atoms. The van der Waals surface area contributed by atoms with Gasteiger partial charge in [-0.25, -0.2) is 9.48 Å². The molecule has 1 aromatic carbocycles. The van der Waals surface area contributed by atoms with Crippen molar-refractivity contribution in [3.63, 3.8) is 0 Å². The van der Waals surface area contributed by atoms with Crippen LogP contribution in [0.25, 0.3) is 6.08 Å². The van der Waals surface area contributed by atoms with Crippen LogP contribution in [0.5, 0.6) is 0 Å². The zero-order valence-electron chi connectivity index (χ0n) is 12.8. The average molecular weight is 320 g/mol. The number of allylic oxidation sites excluding steroid dienone is 1. The van der Waals surface area contributed by atoms with E-state index < -0.39 is 5.97 Å². The van der Waals surface area contributed by atoms with Crippen LogP contribution in [0.2, 0.25) is 5.02 Å². The summed E-state index contributed by atoms with van der Waals surface area (Å²) in [6.07, 6.45) is 3.65. The average Bonchev–Trinajstić information content (AvgIpc) is 2.91. The number of hydrogen-bond donors (Lipinski definition) is 0. The van der Waals surface area contributed by atoms with Gasteiger partial charge in [-0.2, -0.15) is 0 Å². The SMILES string of the molecule is CCOC(=O)c1cn(C/C(C)=C/c2ccc(Cl)cc2C)nn1. The second-order valence-electron chi connectivity index (χ2n) is 5.01. The molecule has 0 atom stereocenters. The van der Waals surface area contributed by atoms with Gasteiger partial charge in [0.2, 0.25) is 0 Å². The van der Waals surface area contributed by atoms with Gasteiger partial charge in [0.05, 0.1) is 19.3 Å². The fourth-order valence-electron chi connectivity index (χ4n) is 2.04. The molecule has 0 aliphatic rings. The summed E-state index contributed by atoms with van der Waals surface area (Å²) in [5.41, 5.74) is 3.52. The van der Waals surface area contributed by atoms with Crippen LogP contribution in [0.4, 0.5) is 0 Å². The molecule has 2 aromatic rings. The Labute approximate surface area is 134 Å². The van der Waals surface area contributed by atoms with Gasteiger partial charge in [-0.15, -0.1) is 5.10 Å². The highest BCUT2D eigenvalue weighted by Gasteiger charge is 2.11. The third kappa shape index (κ3) is 4.18. The minimum atomic E-state index is -0.455. The van der Waals surface area contributed by atoms with Crippen molar-refractivity contribution in [3.8, 4) is 0 Å². The lowest BCUT2D eigenvalue weighted by atomic mass is 10.1. The van der Waals surface area contributed by atoms with E-state index in [-0.39, 0.29) is 5.69 Å². The number of aryl methyl sites for hydroxylation is 1. The lowest BCUT2D eigenvalue weighted by Crippen LogP contribution is -2.05. The van der Waals surface area contributed by atoms with Crippen molar-refractivity contribution in [1.29, 1.82) is 0 Å². The van der Waals surface area contributed by atoms with Gasteiger partial charge in [-0.05, 0) is 44.0 Å². The molecule has 0 saturated heterocycles. The van der Waals surface area contributed by atoms with Crippen molar-refractivity contribution < 1.29 is 9.53 Å². The smallest absolute Gasteiger partial charge is 0.360 e. The van der Waals surface area contributed by atoms with Crippen LogP contribution in [0.15, 0.2) is 30.0 Å². The molecule has 0 bridgehead atoms. The Kier molecular flexibility index (Phi) is 5.33. The molecule has 0 unspecified atom stereocenters. The Hall–Kier alpha value is -2.14. The van der Waals surface area contributed by atoms with Crippen molar-refractivity contribution in [2.45, 2.75) is 27.3 Å². The molecule has 0 N–H and O–H groups in total. The fraction of sp³-hybridized carbons (Fsp3) is 0.312. The Balaban J connectivity index is 2.10. The van der Waals surface area contributed by atoms with Gasteiger partial charge in [-0.1, -0.05) is 34.5 Å². The summed E-state index contributed by atoms with van der Waals surface area (Å²) in [7, 11) is 0. The normalized spacial score (nSPS) is 11.5. The third-order valence-corrected chi connectivity index (χ3v) is 3.30. The maximum Gasteiger partial charge on any atom is 0.360 e. The number of rotatable bonds is 5. The van der Waals surface area contributed by atoms with Gasteiger partial charge in [0, 0.05) is 5.02 Å². The second kappa shape index (κ2) is 7.22. The summed E-state index contributed by atoms with van der Waals surface area (Å²) in [5, 5.41) is 8.48. The van der Waals surface area contributed by atoms with E-state index in [4.69, 9.17) is 16.3 Å². The van der Waals surface area contributed by atoms with Crippen molar-refractivity contribution in [2.75, 3.05) is 6.61 Å². The number of carbonyl (C=O) groups excluding carboxylic acids is 1. The molecule has 116 valence electrons. The molecule has 1 heterocycles. The number of ether oxygens (including phenoxy) is 1. The first-order valence-electron chi connectivity index (χ1n) is 7.00. The number of hydrogen-bond acceptors (Lipinski definition) is 4. The van der Waals surface area contributed by atoms with E-state index in [1.807, 2.05) is 32.0 Å². The zero-order chi connectivity index (χ0) is 16.1.